The van der Waals surface area contributed by atoms with Gasteiger partial charge in [0, 0.05) is 36.1 Å². The molecule has 0 radical (unpaired) electrons. The summed E-state index contributed by atoms with van der Waals surface area (Å²) in [6.45, 7) is 0.579. The number of hydrogen-bond acceptors (Lipinski definition) is 6. The van der Waals surface area contributed by atoms with Gasteiger partial charge in [0.2, 0.25) is 0 Å². The third-order valence-electron chi connectivity index (χ3n) is 5.74. The van der Waals surface area contributed by atoms with Crippen molar-refractivity contribution in [3.05, 3.63) is 89.3 Å². The largest absolute Gasteiger partial charge is 0.507 e. The maximum Gasteiger partial charge on any atom is 0.300 e. The fourth-order valence-corrected chi connectivity index (χ4v) is 4.20. The van der Waals surface area contributed by atoms with Crippen molar-refractivity contribution in [2.75, 3.05) is 18.6 Å². The summed E-state index contributed by atoms with van der Waals surface area (Å²) in [5, 5.41) is 11.2. The molecular weight excluding hydrogens is 408 g/mol. The van der Waals surface area contributed by atoms with E-state index in [2.05, 4.69) is 4.98 Å². The van der Waals surface area contributed by atoms with E-state index in [1.54, 1.807) is 67.0 Å². The van der Waals surface area contributed by atoms with E-state index in [0.717, 1.165) is 17.7 Å². The Morgan fingerprint density at radius 1 is 1.16 bits per heavy atom. The van der Waals surface area contributed by atoms with Crippen LogP contribution in [0.5, 0.6) is 11.5 Å². The summed E-state index contributed by atoms with van der Waals surface area (Å²) in [6, 6.07) is 14.9. The fraction of sp³-hybridized carbons (Fsp3) is 0.160. The summed E-state index contributed by atoms with van der Waals surface area (Å²) < 4.78 is 10.8. The Morgan fingerprint density at radius 3 is 2.81 bits per heavy atom. The Morgan fingerprint density at radius 2 is 2.03 bits per heavy atom. The van der Waals surface area contributed by atoms with Crippen molar-refractivity contribution >= 4 is 23.1 Å². The molecule has 1 amide bonds. The van der Waals surface area contributed by atoms with Crippen molar-refractivity contribution in [2.45, 2.75) is 12.5 Å². The van der Waals surface area contributed by atoms with Crippen LogP contribution < -0.4 is 14.4 Å². The molecule has 3 aromatic rings. The molecule has 160 valence electrons. The smallest absolute Gasteiger partial charge is 0.300 e. The fourth-order valence-electron chi connectivity index (χ4n) is 4.20. The van der Waals surface area contributed by atoms with Crippen LogP contribution in [0.25, 0.3) is 5.76 Å². The van der Waals surface area contributed by atoms with Gasteiger partial charge in [0.25, 0.3) is 11.7 Å². The maximum absolute atomic E-state index is 13.2. The molecule has 1 atom stereocenters. The Balaban J connectivity index is 1.69. The third kappa shape index (κ3) is 3.19. The van der Waals surface area contributed by atoms with E-state index in [1.165, 1.54) is 12.0 Å². The SMILES string of the molecule is COc1cccc(N2C(=O)C(=O)/C(=C(\O)c3ccc4c(c3)CCO4)C2c2cccnc2)c1. The van der Waals surface area contributed by atoms with Gasteiger partial charge < -0.3 is 14.6 Å². The molecule has 3 heterocycles. The van der Waals surface area contributed by atoms with Gasteiger partial charge in [-0.15, -0.1) is 0 Å². The zero-order valence-corrected chi connectivity index (χ0v) is 17.3. The van der Waals surface area contributed by atoms with Crippen LogP contribution in [0.2, 0.25) is 0 Å². The number of carbonyl (C=O) groups excluding carboxylic acids is 2. The summed E-state index contributed by atoms with van der Waals surface area (Å²) in [4.78, 5) is 31.9. The number of ketones is 1. The number of aliphatic hydroxyl groups excluding tert-OH is 1. The molecule has 2 aromatic carbocycles. The molecule has 0 aliphatic carbocycles. The van der Waals surface area contributed by atoms with Crippen molar-refractivity contribution in [3.63, 3.8) is 0 Å². The molecule has 2 aliphatic rings. The van der Waals surface area contributed by atoms with E-state index >= 15 is 0 Å². The molecule has 1 unspecified atom stereocenters. The zero-order chi connectivity index (χ0) is 22.2. The van der Waals surface area contributed by atoms with Crippen LogP contribution in [0.4, 0.5) is 5.69 Å². The average Bonchev–Trinajstić information content (AvgIpc) is 3.41. The number of ether oxygens (including phenoxy) is 2. The van der Waals surface area contributed by atoms with Crippen LogP contribution in [-0.4, -0.2) is 35.5 Å². The number of benzene rings is 2. The first-order chi connectivity index (χ1) is 15.6. The quantitative estimate of drug-likeness (QED) is 0.388. The van der Waals surface area contributed by atoms with Gasteiger partial charge in [-0.05, 0) is 47.5 Å². The minimum absolute atomic E-state index is 0.0182. The zero-order valence-electron chi connectivity index (χ0n) is 17.3. The van der Waals surface area contributed by atoms with E-state index in [9.17, 15) is 14.7 Å². The first kappa shape index (κ1) is 19.8. The van der Waals surface area contributed by atoms with Crippen molar-refractivity contribution in [1.82, 2.24) is 4.98 Å². The summed E-state index contributed by atoms with van der Waals surface area (Å²) in [5.74, 6) is -0.387. The highest BCUT2D eigenvalue weighted by Gasteiger charge is 2.47. The Bertz CT molecular complexity index is 1250. The maximum atomic E-state index is 13.2. The van der Waals surface area contributed by atoms with Gasteiger partial charge in [-0.25, -0.2) is 0 Å². The van der Waals surface area contributed by atoms with Gasteiger partial charge in [-0.3, -0.25) is 19.5 Å². The first-order valence-corrected chi connectivity index (χ1v) is 10.2. The lowest BCUT2D eigenvalue weighted by Crippen LogP contribution is -2.29. The van der Waals surface area contributed by atoms with Gasteiger partial charge in [-0.1, -0.05) is 12.1 Å². The highest BCUT2D eigenvalue weighted by atomic mass is 16.5. The van der Waals surface area contributed by atoms with Gasteiger partial charge in [0.15, 0.2) is 0 Å². The number of anilines is 1. The number of rotatable bonds is 4. The molecule has 1 aromatic heterocycles. The topological polar surface area (TPSA) is 89.0 Å². The van der Waals surface area contributed by atoms with Gasteiger partial charge in [-0.2, -0.15) is 0 Å². The number of fused-ring (bicyclic) bond motifs is 1. The average molecular weight is 428 g/mol. The number of methoxy groups -OCH3 is 1. The Kier molecular flexibility index (Phi) is 4.86. The summed E-state index contributed by atoms with van der Waals surface area (Å²) in [7, 11) is 1.53. The predicted octanol–water partition coefficient (Wildman–Crippen LogP) is 3.65. The third-order valence-corrected chi connectivity index (χ3v) is 5.74. The highest BCUT2D eigenvalue weighted by molar-refractivity contribution is 6.51. The molecule has 1 saturated heterocycles. The number of carbonyl (C=O) groups is 2. The highest BCUT2D eigenvalue weighted by Crippen LogP contribution is 2.43. The van der Waals surface area contributed by atoms with Crippen LogP contribution in [0.15, 0.2) is 72.6 Å². The molecule has 0 spiro atoms. The molecule has 1 fully saturated rings. The van der Waals surface area contributed by atoms with Gasteiger partial charge in [0.05, 0.1) is 25.3 Å². The lowest BCUT2D eigenvalue weighted by Gasteiger charge is -2.25. The number of nitrogens with zero attached hydrogens (tertiary/aromatic N) is 2. The Hall–Kier alpha value is -4.13. The molecule has 7 nitrogen and oxygen atoms in total. The van der Waals surface area contributed by atoms with E-state index < -0.39 is 17.7 Å². The second-order valence-electron chi connectivity index (χ2n) is 7.58. The van der Waals surface area contributed by atoms with Crippen LogP contribution in [0.3, 0.4) is 0 Å². The molecular formula is C25H20N2O5. The van der Waals surface area contributed by atoms with Crippen molar-refractivity contribution < 1.29 is 24.2 Å². The molecule has 0 bridgehead atoms. The summed E-state index contributed by atoms with van der Waals surface area (Å²) in [5.41, 5.74) is 2.53. The monoisotopic (exact) mass is 428 g/mol. The van der Waals surface area contributed by atoms with Gasteiger partial charge >= 0.3 is 0 Å². The normalized spacial score (nSPS) is 19.0. The lowest BCUT2D eigenvalue weighted by atomic mass is 9.95. The minimum Gasteiger partial charge on any atom is -0.507 e. The van der Waals surface area contributed by atoms with Crippen molar-refractivity contribution in [1.29, 1.82) is 0 Å². The number of aliphatic hydroxyl groups is 1. The lowest BCUT2D eigenvalue weighted by molar-refractivity contribution is -0.132. The second kappa shape index (κ2) is 7.85. The molecule has 1 N–H and O–H groups in total. The number of amides is 1. The number of pyridine rings is 1. The van der Waals surface area contributed by atoms with E-state index in [4.69, 9.17) is 9.47 Å². The first-order valence-electron chi connectivity index (χ1n) is 10.2. The molecule has 5 rings (SSSR count). The van der Waals surface area contributed by atoms with E-state index in [1.807, 2.05) is 0 Å². The van der Waals surface area contributed by atoms with Crippen LogP contribution >= 0.6 is 0 Å². The number of Topliss-reactive ketones (excluding diaryl/α,β-unsaturated/α-hetero) is 1. The number of aromatic nitrogens is 1. The molecule has 32 heavy (non-hydrogen) atoms. The standard InChI is InChI=1S/C25H20N2O5/c1-31-19-6-2-5-18(13-19)27-22(17-4-3-10-26-14-17)21(24(29)25(27)30)23(28)16-7-8-20-15(12-16)9-11-32-20/h2-8,10,12-14,22,28H,9,11H2,1H3/b23-21-. The van der Waals surface area contributed by atoms with Crippen molar-refractivity contribution in [3.8, 4) is 11.5 Å². The second-order valence-corrected chi connectivity index (χ2v) is 7.58. The molecule has 0 saturated carbocycles. The summed E-state index contributed by atoms with van der Waals surface area (Å²) in [6.07, 6.45) is 3.93. The number of hydrogen-bond donors (Lipinski definition) is 1. The molecule has 2 aliphatic heterocycles. The minimum atomic E-state index is -0.833. The summed E-state index contributed by atoms with van der Waals surface area (Å²) >= 11 is 0. The van der Waals surface area contributed by atoms with E-state index in [-0.39, 0.29) is 11.3 Å². The van der Waals surface area contributed by atoms with Gasteiger partial charge in [0.1, 0.15) is 17.3 Å². The van der Waals surface area contributed by atoms with Crippen LogP contribution in [0, 0.1) is 0 Å². The van der Waals surface area contributed by atoms with Crippen LogP contribution in [-0.2, 0) is 16.0 Å². The Labute approximate surface area is 184 Å². The molecule has 7 heteroatoms. The van der Waals surface area contributed by atoms with Crippen LogP contribution in [0.1, 0.15) is 22.7 Å². The van der Waals surface area contributed by atoms with Crippen molar-refractivity contribution in [2.24, 2.45) is 0 Å². The predicted molar refractivity (Wildman–Crippen MR) is 118 cm³/mol. The van der Waals surface area contributed by atoms with E-state index in [0.29, 0.717) is 29.2 Å².